The van der Waals surface area contributed by atoms with Gasteiger partial charge in [-0.2, -0.15) is 0 Å². The van der Waals surface area contributed by atoms with Crippen LogP contribution < -0.4 is 5.32 Å². The zero-order valence-electron chi connectivity index (χ0n) is 16.4. The van der Waals surface area contributed by atoms with Gasteiger partial charge in [0.05, 0.1) is 28.1 Å². The Hall–Kier alpha value is -2.75. The van der Waals surface area contributed by atoms with Gasteiger partial charge in [-0.05, 0) is 17.7 Å². The Bertz CT molecular complexity index is 1140. The largest absolute Gasteiger partial charge is 0.459 e. The summed E-state index contributed by atoms with van der Waals surface area (Å²) >= 11 is 4.32. The lowest BCUT2D eigenvalue weighted by atomic mass is 10.2. The topological polar surface area (TPSA) is 81.2 Å². The first-order valence-electron chi connectivity index (χ1n) is 9.53. The molecule has 0 aliphatic heterocycles. The van der Waals surface area contributed by atoms with Gasteiger partial charge < -0.3 is 10.1 Å². The molecular weight excluding hydrogens is 450 g/mol. The van der Waals surface area contributed by atoms with E-state index >= 15 is 0 Å². The molecule has 6 nitrogen and oxygen atoms in total. The van der Waals surface area contributed by atoms with Gasteiger partial charge >= 0.3 is 5.97 Å². The van der Waals surface area contributed by atoms with E-state index in [2.05, 4.69) is 15.3 Å². The van der Waals surface area contributed by atoms with Gasteiger partial charge in [-0.25, -0.2) is 9.97 Å². The average molecular weight is 470 g/mol. The molecule has 2 heterocycles. The van der Waals surface area contributed by atoms with E-state index in [0.29, 0.717) is 17.2 Å². The fourth-order valence-corrected chi connectivity index (χ4v) is 5.37. The van der Waals surface area contributed by atoms with Crippen molar-refractivity contribution >= 4 is 56.5 Å². The summed E-state index contributed by atoms with van der Waals surface area (Å²) < 4.78 is 7.25. The number of amides is 1. The van der Waals surface area contributed by atoms with Gasteiger partial charge in [0, 0.05) is 11.9 Å². The maximum atomic E-state index is 12.1. The first-order valence-corrected chi connectivity index (χ1v) is 12.2. The quantitative estimate of drug-likeness (QED) is 0.288. The molecule has 0 fully saturated rings. The zero-order valence-corrected chi connectivity index (χ0v) is 18.9. The highest BCUT2D eigenvalue weighted by Crippen LogP contribution is 2.29. The molecule has 0 bridgehead atoms. The number of nitrogens with one attached hydrogen (secondary N) is 1. The van der Waals surface area contributed by atoms with Crippen molar-refractivity contribution < 1.29 is 14.3 Å². The molecule has 158 valence electrons. The van der Waals surface area contributed by atoms with Crippen LogP contribution in [0.15, 0.2) is 64.3 Å². The number of carbonyl (C=O) groups is 2. The number of aromatic nitrogens is 2. The Morgan fingerprint density at radius 2 is 1.84 bits per heavy atom. The Morgan fingerprint density at radius 3 is 2.68 bits per heavy atom. The van der Waals surface area contributed by atoms with Crippen LogP contribution in [0.5, 0.6) is 0 Å². The highest BCUT2D eigenvalue weighted by atomic mass is 32.2. The molecular formula is C22H19N3O3S3. The molecule has 2 aromatic carbocycles. The van der Waals surface area contributed by atoms with Crippen LogP contribution in [0.2, 0.25) is 0 Å². The van der Waals surface area contributed by atoms with Crippen LogP contribution >= 0.6 is 34.4 Å². The number of para-hydroxylation sites is 1. The summed E-state index contributed by atoms with van der Waals surface area (Å²) in [5, 5.41) is 5.39. The number of carbonyl (C=O) groups excluding carboxylic acids is 2. The number of nitrogens with zero attached hydrogens (tertiary/aromatic N) is 2. The number of rotatable bonds is 9. The third-order valence-electron chi connectivity index (χ3n) is 4.21. The summed E-state index contributed by atoms with van der Waals surface area (Å²) in [6.45, 7) is 0.587. The third-order valence-corrected chi connectivity index (χ3v) is 7.26. The van der Waals surface area contributed by atoms with Gasteiger partial charge in [0.25, 0.3) is 0 Å². The molecule has 0 aliphatic carbocycles. The predicted octanol–water partition coefficient (Wildman–Crippen LogP) is 4.45. The molecule has 31 heavy (non-hydrogen) atoms. The molecule has 1 N–H and O–H groups in total. The third kappa shape index (κ3) is 6.36. The molecule has 2 aromatic heterocycles. The normalized spacial score (nSPS) is 10.8. The molecule has 0 saturated heterocycles. The van der Waals surface area contributed by atoms with E-state index in [1.54, 1.807) is 11.3 Å². The van der Waals surface area contributed by atoms with E-state index in [1.807, 2.05) is 60.0 Å². The summed E-state index contributed by atoms with van der Waals surface area (Å²) in [5.74, 6) is -0.216. The van der Waals surface area contributed by atoms with E-state index in [9.17, 15) is 9.59 Å². The molecule has 0 aliphatic rings. The lowest BCUT2D eigenvalue weighted by molar-refractivity contribution is -0.141. The molecule has 9 heteroatoms. The van der Waals surface area contributed by atoms with Crippen molar-refractivity contribution in [2.24, 2.45) is 0 Å². The first-order chi connectivity index (χ1) is 15.2. The number of hydrogen-bond donors (Lipinski definition) is 1. The second-order valence-electron chi connectivity index (χ2n) is 6.57. The summed E-state index contributed by atoms with van der Waals surface area (Å²) in [4.78, 5) is 33.0. The van der Waals surface area contributed by atoms with Crippen molar-refractivity contribution in [1.29, 1.82) is 0 Å². The molecule has 0 saturated carbocycles. The Labute approximate surface area is 191 Å². The fraction of sp³-hybridized carbons (Fsp3) is 0.182. The second-order valence-corrected chi connectivity index (χ2v) is 9.76. The van der Waals surface area contributed by atoms with Crippen molar-refractivity contribution in [3.8, 4) is 0 Å². The van der Waals surface area contributed by atoms with Crippen LogP contribution in [-0.2, 0) is 33.9 Å². The van der Waals surface area contributed by atoms with Gasteiger partial charge in [-0.3, -0.25) is 9.59 Å². The molecule has 0 radical (unpaired) electrons. The van der Waals surface area contributed by atoms with Crippen molar-refractivity contribution in [2.45, 2.75) is 23.9 Å². The number of thioether (sulfide) groups is 1. The SMILES string of the molecule is O=C(Cc1nc(COC(=O)CSc2nc3ccccc3s2)cs1)NCc1ccccc1. The van der Waals surface area contributed by atoms with E-state index in [1.165, 1.54) is 23.1 Å². The maximum Gasteiger partial charge on any atom is 0.316 e. The number of fused-ring (bicyclic) bond motifs is 1. The molecule has 0 atom stereocenters. The van der Waals surface area contributed by atoms with Crippen molar-refractivity contribution in [2.75, 3.05) is 5.75 Å². The Balaban J connectivity index is 1.18. The molecule has 4 aromatic rings. The summed E-state index contributed by atoms with van der Waals surface area (Å²) in [7, 11) is 0. The number of benzene rings is 2. The molecule has 0 spiro atoms. The first kappa shape index (κ1) is 21.5. The lowest BCUT2D eigenvalue weighted by Gasteiger charge is -2.04. The van der Waals surface area contributed by atoms with E-state index in [-0.39, 0.29) is 30.7 Å². The fourth-order valence-electron chi connectivity index (χ4n) is 2.72. The summed E-state index contributed by atoms with van der Waals surface area (Å²) in [6.07, 6.45) is 0.207. The van der Waals surface area contributed by atoms with Crippen LogP contribution in [0.25, 0.3) is 10.2 Å². The smallest absolute Gasteiger partial charge is 0.316 e. The van der Waals surface area contributed by atoms with Crippen LogP contribution in [0.3, 0.4) is 0 Å². The van der Waals surface area contributed by atoms with Gasteiger partial charge in [0.1, 0.15) is 11.6 Å². The standard InChI is InChI=1S/C22H19N3O3S3/c26-19(23-11-15-6-2-1-3-7-15)10-20-24-16(13-29-20)12-28-21(27)14-30-22-25-17-8-4-5-9-18(17)31-22/h1-9,13H,10-12,14H2,(H,23,26). The number of thiazole rings is 2. The minimum atomic E-state index is -0.320. The maximum absolute atomic E-state index is 12.1. The number of ether oxygens (including phenoxy) is 1. The predicted molar refractivity (Wildman–Crippen MR) is 124 cm³/mol. The minimum absolute atomic E-state index is 0.0889. The molecule has 1 amide bonds. The second kappa shape index (κ2) is 10.5. The summed E-state index contributed by atoms with van der Waals surface area (Å²) in [6, 6.07) is 17.6. The van der Waals surface area contributed by atoms with Gasteiger partial charge in [0.15, 0.2) is 4.34 Å². The monoisotopic (exact) mass is 469 g/mol. The lowest BCUT2D eigenvalue weighted by Crippen LogP contribution is -2.24. The van der Waals surface area contributed by atoms with Crippen molar-refractivity contribution in [1.82, 2.24) is 15.3 Å². The highest BCUT2D eigenvalue weighted by Gasteiger charge is 2.11. The van der Waals surface area contributed by atoms with Crippen LogP contribution in [-0.4, -0.2) is 27.6 Å². The van der Waals surface area contributed by atoms with Gasteiger partial charge in [-0.1, -0.05) is 54.2 Å². The van der Waals surface area contributed by atoms with Gasteiger partial charge in [0.2, 0.25) is 5.91 Å². The average Bonchev–Trinajstić information content (AvgIpc) is 3.42. The van der Waals surface area contributed by atoms with Crippen molar-refractivity contribution in [3.05, 3.63) is 76.2 Å². The van der Waals surface area contributed by atoms with E-state index in [0.717, 1.165) is 20.1 Å². The van der Waals surface area contributed by atoms with E-state index in [4.69, 9.17) is 4.74 Å². The minimum Gasteiger partial charge on any atom is -0.459 e. The molecule has 4 rings (SSSR count). The Morgan fingerprint density at radius 1 is 1.03 bits per heavy atom. The number of esters is 1. The van der Waals surface area contributed by atoms with Gasteiger partial charge in [-0.15, -0.1) is 22.7 Å². The zero-order chi connectivity index (χ0) is 21.5. The Kier molecular flexibility index (Phi) is 7.29. The molecule has 0 unspecified atom stereocenters. The number of hydrogen-bond acceptors (Lipinski definition) is 8. The van der Waals surface area contributed by atoms with E-state index < -0.39 is 0 Å². The van der Waals surface area contributed by atoms with Crippen LogP contribution in [0.1, 0.15) is 16.3 Å². The van der Waals surface area contributed by atoms with Crippen molar-refractivity contribution in [3.63, 3.8) is 0 Å². The highest BCUT2D eigenvalue weighted by molar-refractivity contribution is 8.01. The summed E-state index contributed by atoms with van der Waals surface area (Å²) in [5.41, 5.74) is 2.63. The van der Waals surface area contributed by atoms with Crippen LogP contribution in [0, 0.1) is 0 Å². The van der Waals surface area contributed by atoms with Crippen LogP contribution in [0.4, 0.5) is 0 Å².